The lowest BCUT2D eigenvalue weighted by Gasteiger charge is -1.94. The number of hydrogen-bond donors (Lipinski definition) is 0. The fraction of sp³-hybridized carbons (Fsp3) is 0. The molecule has 9 heteroatoms. The van der Waals surface area contributed by atoms with Crippen LogP contribution in [0.1, 0.15) is 0 Å². The second kappa shape index (κ2) is 6.27. The molecule has 2 aromatic heterocycles. The van der Waals surface area contributed by atoms with Crippen molar-refractivity contribution in [2.75, 3.05) is 0 Å². The summed E-state index contributed by atoms with van der Waals surface area (Å²) in [5.74, 6) is 0. The van der Waals surface area contributed by atoms with E-state index in [4.69, 9.17) is 0 Å². The van der Waals surface area contributed by atoms with E-state index < -0.39 is 7.25 Å². The van der Waals surface area contributed by atoms with Crippen molar-refractivity contribution in [3.05, 3.63) is 66.9 Å². The number of tetrazole rings is 1. The normalized spacial score (nSPS) is 11.3. The van der Waals surface area contributed by atoms with Crippen molar-refractivity contribution in [2.24, 2.45) is 0 Å². The van der Waals surface area contributed by atoms with Crippen LogP contribution in [0.2, 0.25) is 0 Å². The first kappa shape index (κ1) is 15.9. The fourth-order valence-corrected chi connectivity index (χ4v) is 2.23. The van der Waals surface area contributed by atoms with Crippen molar-refractivity contribution in [1.82, 2.24) is 15.1 Å². The van der Waals surface area contributed by atoms with Crippen LogP contribution < -0.4 is 4.52 Å². The molecule has 0 radical (unpaired) electrons. The summed E-state index contributed by atoms with van der Waals surface area (Å²) in [4.78, 5) is 1.65. The topological polar surface area (TPSA) is 34.8 Å². The molecule has 0 bridgehead atoms. The Balaban J connectivity index is 0.000000300. The molecule has 0 aliphatic carbocycles. The Morgan fingerprint density at radius 3 is 2.17 bits per heavy atom. The molecule has 0 aliphatic heterocycles. The molecule has 24 heavy (non-hydrogen) atoms. The van der Waals surface area contributed by atoms with Crippen LogP contribution in [-0.4, -0.2) is 22.4 Å². The number of para-hydroxylation sites is 1. The number of hydrogen-bond acceptors (Lipinski definition) is 2. The van der Waals surface area contributed by atoms with Crippen LogP contribution in [0.3, 0.4) is 0 Å². The van der Waals surface area contributed by atoms with Crippen LogP contribution in [0.4, 0.5) is 17.3 Å². The van der Waals surface area contributed by atoms with Crippen LogP contribution in [0.25, 0.3) is 22.1 Å². The highest BCUT2D eigenvalue weighted by Gasteiger charge is 2.20. The maximum absolute atomic E-state index is 9.75. The van der Waals surface area contributed by atoms with E-state index in [0.717, 1.165) is 16.7 Å². The maximum atomic E-state index is 9.75. The summed E-state index contributed by atoms with van der Waals surface area (Å²) in [6.45, 7) is 0. The lowest BCUT2D eigenvalue weighted by atomic mass is 10.2. The van der Waals surface area contributed by atoms with Gasteiger partial charge in [-0.15, -0.1) is 4.52 Å². The molecular formula is C15H11BF4N4. The number of nitrogens with zero attached hydrogens (tertiary/aromatic N) is 4. The van der Waals surface area contributed by atoms with Crippen molar-refractivity contribution in [2.45, 2.75) is 0 Å². The van der Waals surface area contributed by atoms with Crippen molar-refractivity contribution >= 4 is 23.7 Å². The summed E-state index contributed by atoms with van der Waals surface area (Å²) in [6, 6.07) is 20.2. The zero-order valence-corrected chi connectivity index (χ0v) is 12.2. The average molecular weight is 334 g/mol. The molecule has 0 N–H and O–H groups in total. The van der Waals surface area contributed by atoms with Gasteiger partial charge in [-0.25, -0.2) is 0 Å². The van der Waals surface area contributed by atoms with E-state index in [-0.39, 0.29) is 0 Å². The molecule has 0 unspecified atom stereocenters. The minimum absolute atomic E-state index is 0.863. The first-order chi connectivity index (χ1) is 11.4. The van der Waals surface area contributed by atoms with Crippen molar-refractivity contribution in [1.29, 1.82) is 0 Å². The third-order valence-electron chi connectivity index (χ3n) is 3.17. The molecule has 0 spiro atoms. The van der Waals surface area contributed by atoms with Gasteiger partial charge in [0.05, 0.1) is 21.9 Å². The van der Waals surface area contributed by atoms with Gasteiger partial charge in [-0.05, 0) is 29.7 Å². The Morgan fingerprint density at radius 2 is 1.46 bits per heavy atom. The zero-order valence-electron chi connectivity index (χ0n) is 12.2. The highest BCUT2D eigenvalue weighted by Crippen LogP contribution is 2.15. The molecule has 0 fully saturated rings. The van der Waals surface area contributed by atoms with Gasteiger partial charge in [-0.1, -0.05) is 36.4 Å². The number of halogens is 4. The molecule has 4 aromatic rings. The Hall–Kier alpha value is -2.97. The maximum Gasteiger partial charge on any atom is 0.673 e. The van der Waals surface area contributed by atoms with Gasteiger partial charge < -0.3 is 17.3 Å². The Bertz CT molecular complexity index is 963. The number of aromatic nitrogens is 4. The molecule has 0 saturated heterocycles. The van der Waals surface area contributed by atoms with Gasteiger partial charge in [0.15, 0.2) is 5.69 Å². The summed E-state index contributed by atoms with van der Waals surface area (Å²) in [5.41, 5.74) is 1.82. The van der Waals surface area contributed by atoms with Crippen LogP contribution in [-0.2, 0) is 0 Å². The molecule has 4 nitrogen and oxygen atoms in total. The van der Waals surface area contributed by atoms with Crippen LogP contribution in [0.15, 0.2) is 66.9 Å². The first-order valence-corrected chi connectivity index (χ1v) is 7.01. The van der Waals surface area contributed by atoms with Gasteiger partial charge in [0, 0.05) is 4.80 Å². The largest absolute Gasteiger partial charge is 0.673 e. The molecule has 0 atom stereocenters. The predicted octanol–water partition coefficient (Wildman–Crippen LogP) is 3.46. The molecule has 2 heterocycles. The molecule has 2 aromatic carbocycles. The molecule has 0 saturated carbocycles. The Labute approximate surface area is 134 Å². The highest BCUT2D eigenvalue weighted by molar-refractivity contribution is 6.50. The summed E-state index contributed by atoms with van der Waals surface area (Å²) >= 11 is 0. The van der Waals surface area contributed by atoms with E-state index >= 15 is 0 Å². The van der Waals surface area contributed by atoms with Gasteiger partial charge in [0.25, 0.3) is 0 Å². The number of fused-ring (bicyclic) bond motifs is 3. The van der Waals surface area contributed by atoms with E-state index in [1.807, 2.05) is 54.7 Å². The Morgan fingerprint density at radius 1 is 0.833 bits per heavy atom. The van der Waals surface area contributed by atoms with Crippen molar-refractivity contribution < 1.29 is 21.8 Å². The number of benzene rings is 2. The third-order valence-corrected chi connectivity index (χ3v) is 3.17. The molecule has 4 rings (SSSR count). The zero-order chi connectivity index (χ0) is 17.2. The molecule has 0 amide bonds. The van der Waals surface area contributed by atoms with Crippen LogP contribution in [0, 0.1) is 0 Å². The second-order valence-corrected chi connectivity index (χ2v) is 4.88. The summed E-state index contributed by atoms with van der Waals surface area (Å²) in [7, 11) is -6.00. The second-order valence-electron chi connectivity index (χ2n) is 4.88. The van der Waals surface area contributed by atoms with Gasteiger partial charge in [-0.2, -0.15) is 0 Å². The fourth-order valence-electron chi connectivity index (χ4n) is 2.23. The summed E-state index contributed by atoms with van der Waals surface area (Å²) in [5, 5.41) is 11.3. The average Bonchev–Trinajstić information content (AvgIpc) is 2.99. The summed E-state index contributed by atoms with van der Waals surface area (Å²) < 4.78 is 40.8. The minimum atomic E-state index is -6.00. The van der Waals surface area contributed by atoms with E-state index in [9.17, 15) is 17.3 Å². The standard InChI is InChI=1S/C15H11N4.BF4/c1-2-7-13(8-3-1)19-16-15-14-9-5-4-6-12(14)10-11-18(15)17-19;2-1(3,4)5/h1-11H;/q+1;-1. The minimum Gasteiger partial charge on any atom is -0.418 e. The van der Waals surface area contributed by atoms with Gasteiger partial charge >= 0.3 is 12.9 Å². The predicted molar refractivity (Wildman–Crippen MR) is 82.2 cm³/mol. The van der Waals surface area contributed by atoms with E-state index in [0.29, 0.717) is 0 Å². The Kier molecular flexibility index (Phi) is 4.16. The molecular weight excluding hydrogens is 323 g/mol. The van der Waals surface area contributed by atoms with Crippen LogP contribution >= 0.6 is 0 Å². The SMILES string of the molecule is F[B-](F)(F)F.c1ccc(-n2nc3c4ccccc4cc[n+]3n2)cc1. The van der Waals surface area contributed by atoms with Crippen molar-refractivity contribution in [3.8, 4) is 5.69 Å². The summed E-state index contributed by atoms with van der Waals surface area (Å²) in [6.07, 6.45) is 1.93. The highest BCUT2D eigenvalue weighted by atomic mass is 19.5. The number of rotatable bonds is 1. The monoisotopic (exact) mass is 334 g/mol. The lowest BCUT2D eigenvalue weighted by Crippen LogP contribution is -2.23. The first-order valence-electron chi connectivity index (χ1n) is 7.01. The van der Waals surface area contributed by atoms with E-state index in [2.05, 4.69) is 22.4 Å². The van der Waals surface area contributed by atoms with Gasteiger partial charge in [0.2, 0.25) is 0 Å². The third kappa shape index (κ3) is 3.68. The quantitative estimate of drug-likeness (QED) is 0.304. The van der Waals surface area contributed by atoms with E-state index in [1.165, 1.54) is 5.39 Å². The van der Waals surface area contributed by atoms with E-state index in [1.54, 1.807) is 9.31 Å². The van der Waals surface area contributed by atoms with Gasteiger partial charge in [-0.3, -0.25) is 0 Å². The smallest absolute Gasteiger partial charge is 0.418 e. The lowest BCUT2D eigenvalue weighted by molar-refractivity contribution is -0.582. The van der Waals surface area contributed by atoms with Gasteiger partial charge in [0.1, 0.15) is 0 Å². The van der Waals surface area contributed by atoms with Crippen molar-refractivity contribution in [3.63, 3.8) is 0 Å². The molecule has 122 valence electrons. The molecule has 0 aliphatic rings. The van der Waals surface area contributed by atoms with Crippen LogP contribution in [0.5, 0.6) is 0 Å². The number of pyridine rings is 1.